The Hall–Kier alpha value is -1.22. The van der Waals surface area contributed by atoms with Crippen LogP contribution in [0.5, 0.6) is 11.5 Å². The molecule has 0 spiro atoms. The predicted molar refractivity (Wildman–Crippen MR) is 78.1 cm³/mol. The standard InChI is InChI=1S/C16H25NO2/c1-11(2)5-6-14-13-10-16(19-4)15(18-3)9-12(13)7-8-17-14/h9-11,14,17H,5-8H2,1-4H3. The second kappa shape index (κ2) is 6.29. The zero-order chi connectivity index (χ0) is 13.8. The molecular formula is C16H25NO2. The van der Waals surface area contributed by atoms with Crippen molar-refractivity contribution < 1.29 is 9.47 Å². The number of methoxy groups -OCH3 is 2. The van der Waals surface area contributed by atoms with E-state index in [4.69, 9.17) is 9.47 Å². The molecule has 1 aromatic rings. The van der Waals surface area contributed by atoms with Gasteiger partial charge in [-0.15, -0.1) is 0 Å². The van der Waals surface area contributed by atoms with E-state index < -0.39 is 0 Å². The van der Waals surface area contributed by atoms with Gasteiger partial charge in [0.15, 0.2) is 11.5 Å². The summed E-state index contributed by atoms with van der Waals surface area (Å²) in [5, 5.41) is 3.62. The highest BCUT2D eigenvalue weighted by Crippen LogP contribution is 2.36. The van der Waals surface area contributed by atoms with Crippen LogP contribution in [0.25, 0.3) is 0 Å². The van der Waals surface area contributed by atoms with Gasteiger partial charge >= 0.3 is 0 Å². The minimum Gasteiger partial charge on any atom is -0.493 e. The summed E-state index contributed by atoms with van der Waals surface area (Å²) < 4.78 is 10.8. The van der Waals surface area contributed by atoms with Crippen LogP contribution in [0, 0.1) is 5.92 Å². The minimum atomic E-state index is 0.450. The molecule has 0 radical (unpaired) electrons. The Morgan fingerprint density at radius 2 is 1.89 bits per heavy atom. The highest BCUT2D eigenvalue weighted by molar-refractivity contribution is 5.49. The molecule has 3 heteroatoms. The predicted octanol–water partition coefficient (Wildman–Crippen LogP) is 3.33. The van der Waals surface area contributed by atoms with E-state index in [1.807, 2.05) is 0 Å². The maximum atomic E-state index is 5.42. The highest BCUT2D eigenvalue weighted by atomic mass is 16.5. The number of ether oxygens (including phenoxy) is 2. The molecule has 0 saturated heterocycles. The molecule has 0 bridgehead atoms. The molecule has 1 unspecified atom stereocenters. The van der Waals surface area contributed by atoms with Gasteiger partial charge in [-0.1, -0.05) is 13.8 Å². The Morgan fingerprint density at radius 3 is 2.53 bits per heavy atom. The lowest BCUT2D eigenvalue weighted by Crippen LogP contribution is -2.30. The molecule has 0 saturated carbocycles. The third-order valence-corrected chi connectivity index (χ3v) is 3.84. The molecule has 106 valence electrons. The Bertz CT molecular complexity index is 429. The Kier molecular flexibility index (Phi) is 4.70. The lowest BCUT2D eigenvalue weighted by atomic mass is 9.89. The normalized spacial score (nSPS) is 18.3. The van der Waals surface area contributed by atoms with Crippen molar-refractivity contribution in [3.63, 3.8) is 0 Å². The first-order chi connectivity index (χ1) is 9.15. The Morgan fingerprint density at radius 1 is 1.21 bits per heavy atom. The number of benzene rings is 1. The minimum absolute atomic E-state index is 0.450. The van der Waals surface area contributed by atoms with Crippen molar-refractivity contribution in [1.82, 2.24) is 5.32 Å². The van der Waals surface area contributed by atoms with Crippen LogP contribution >= 0.6 is 0 Å². The van der Waals surface area contributed by atoms with Crippen molar-refractivity contribution in [2.75, 3.05) is 20.8 Å². The fourth-order valence-electron chi connectivity index (χ4n) is 2.73. The molecule has 0 fully saturated rings. The average Bonchev–Trinajstić information content (AvgIpc) is 2.43. The van der Waals surface area contributed by atoms with E-state index in [0.717, 1.165) is 30.4 Å². The second-order valence-electron chi connectivity index (χ2n) is 5.63. The van der Waals surface area contributed by atoms with E-state index in [-0.39, 0.29) is 0 Å². The summed E-state index contributed by atoms with van der Waals surface area (Å²) >= 11 is 0. The van der Waals surface area contributed by atoms with Crippen molar-refractivity contribution in [3.05, 3.63) is 23.3 Å². The summed E-state index contributed by atoms with van der Waals surface area (Å²) in [4.78, 5) is 0. The lowest BCUT2D eigenvalue weighted by molar-refractivity contribution is 0.350. The summed E-state index contributed by atoms with van der Waals surface area (Å²) in [5.41, 5.74) is 2.77. The van der Waals surface area contributed by atoms with Crippen LogP contribution in [0.1, 0.15) is 43.9 Å². The van der Waals surface area contributed by atoms with Crippen molar-refractivity contribution in [2.45, 2.75) is 39.2 Å². The molecule has 0 aromatic heterocycles. The van der Waals surface area contributed by atoms with Crippen LogP contribution < -0.4 is 14.8 Å². The molecule has 0 aliphatic carbocycles. The van der Waals surface area contributed by atoms with Crippen LogP contribution in [0.2, 0.25) is 0 Å². The van der Waals surface area contributed by atoms with Crippen molar-refractivity contribution in [1.29, 1.82) is 0 Å². The SMILES string of the molecule is COc1cc2c(cc1OC)C(CCC(C)C)NCC2. The molecule has 1 heterocycles. The molecule has 0 amide bonds. The monoisotopic (exact) mass is 263 g/mol. The Balaban J connectivity index is 2.27. The largest absolute Gasteiger partial charge is 0.493 e. The van der Waals surface area contributed by atoms with E-state index >= 15 is 0 Å². The van der Waals surface area contributed by atoms with Gasteiger partial charge in [-0.25, -0.2) is 0 Å². The van der Waals surface area contributed by atoms with E-state index in [1.54, 1.807) is 14.2 Å². The lowest BCUT2D eigenvalue weighted by Gasteiger charge is -2.28. The smallest absolute Gasteiger partial charge is 0.161 e. The van der Waals surface area contributed by atoms with Crippen molar-refractivity contribution in [2.24, 2.45) is 5.92 Å². The van der Waals surface area contributed by atoms with Gasteiger partial charge in [0.2, 0.25) is 0 Å². The Labute approximate surface area is 116 Å². The van der Waals surface area contributed by atoms with Crippen molar-refractivity contribution >= 4 is 0 Å². The second-order valence-corrected chi connectivity index (χ2v) is 5.63. The summed E-state index contributed by atoms with van der Waals surface area (Å²) in [5.74, 6) is 2.41. The summed E-state index contributed by atoms with van der Waals surface area (Å²) in [6.07, 6.45) is 3.49. The van der Waals surface area contributed by atoms with Gasteiger partial charge in [-0.2, -0.15) is 0 Å². The number of hydrogen-bond donors (Lipinski definition) is 1. The zero-order valence-electron chi connectivity index (χ0n) is 12.5. The first-order valence-corrected chi connectivity index (χ1v) is 7.14. The van der Waals surface area contributed by atoms with Crippen LogP contribution in [-0.4, -0.2) is 20.8 Å². The molecule has 1 atom stereocenters. The van der Waals surface area contributed by atoms with Gasteiger partial charge in [0.25, 0.3) is 0 Å². The van der Waals surface area contributed by atoms with E-state index in [1.165, 1.54) is 24.0 Å². The van der Waals surface area contributed by atoms with E-state index in [0.29, 0.717) is 6.04 Å². The highest BCUT2D eigenvalue weighted by Gasteiger charge is 2.22. The number of rotatable bonds is 5. The molecule has 1 N–H and O–H groups in total. The average molecular weight is 263 g/mol. The molecule has 1 aliphatic heterocycles. The maximum Gasteiger partial charge on any atom is 0.161 e. The van der Waals surface area contributed by atoms with Crippen LogP contribution in [-0.2, 0) is 6.42 Å². The third-order valence-electron chi connectivity index (χ3n) is 3.84. The number of hydrogen-bond acceptors (Lipinski definition) is 3. The third kappa shape index (κ3) is 3.21. The van der Waals surface area contributed by atoms with Gasteiger partial charge in [0.05, 0.1) is 14.2 Å². The zero-order valence-corrected chi connectivity index (χ0v) is 12.5. The van der Waals surface area contributed by atoms with Crippen molar-refractivity contribution in [3.8, 4) is 11.5 Å². The fourth-order valence-corrected chi connectivity index (χ4v) is 2.73. The number of fused-ring (bicyclic) bond motifs is 1. The van der Waals surface area contributed by atoms with Gasteiger partial charge in [0, 0.05) is 6.04 Å². The van der Waals surface area contributed by atoms with Gasteiger partial charge in [0.1, 0.15) is 0 Å². The molecule has 2 rings (SSSR count). The summed E-state index contributed by atoms with van der Waals surface area (Å²) in [6.45, 7) is 5.60. The van der Waals surface area contributed by atoms with Crippen LogP contribution in [0.15, 0.2) is 12.1 Å². The molecular weight excluding hydrogens is 238 g/mol. The maximum absolute atomic E-state index is 5.42. The molecule has 3 nitrogen and oxygen atoms in total. The quantitative estimate of drug-likeness (QED) is 0.884. The van der Waals surface area contributed by atoms with Gasteiger partial charge in [-0.3, -0.25) is 0 Å². The van der Waals surface area contributed by atoms with Crippen LogP contribution in [0.3, 0.4) is 0 Å². The van der Waals surface area contributed by atoms with Gasteiger partial charge in [-0.05, 0) is 55.0 Å². The first kappa shape index (κ1) is 14.2. The van der Waals surface area contributed by atoms with Gasteiger partial charge < -0.3 is 14.8 Å². The number of nitrogens with one attached hydrogen (secondary N) is 1. The fraction of sp³-hybridized carbons (Fsp3) is 0.625. The molecule has 19 heavy (non-hydrogen) atoms. The summed E-state index contributed by atoms with van der Waals surface area (Å²) in [6, 6.07) is 4.73. The molecule has 1 aromatic carbocycles. The van der Waals surface area contributed by atoms with E-state index in [9.17, 15) is 0 Å². The molecule has 1 aliphatic rings. The topological polar surface area (TPSA) is 30.5 Å². The van der Waals surface area contributed by atoms with E-state index in [2.05, 4.69) is 31.3 Å². The van der Waals surface area contributed by atoms with Crippen LogP contribution in [0.4, 0.5) is 0 Å². The summed E-state index contributed by atoms with van der Waals surface area (Å²) in [7, 11) is 3.39. The first-order valence-electron chi connectivity index (χ1n) is 7.14.